The number of alkyl carbamates (subject to hydrolysis) is 1. The van der Waals surface area contributed by atoms with Gasteiger partial charge < -0.3 is 20.5 Å². The molecule has 1 aliphatic carbocycles. The van der Waals surface area contributed by atoms with E-state index in [1.54, 1.807) is 0 Å². The molecule has 5 heteroatoms. The average molecular weight is 300 g/mol. The summed E-state index contributed by atoms with van der Waals surface area (Å²) >= 11 is 0. The van der Waals surface area contributed by atoms with Crippen molar-refractivity contribution in [1.82, 2.24) is 10.6 Å². The normalized spacial score (nSPS) is 24.4. The molecule has 1 rings (SSSR count). The summed E-state index contributed by atoms with van der Waals surface area (Å²) in [5.74, 6) is 0.507. The first kappa shape index (κ1) is 18.2. The zero-order valence-electron chi connectivity index (χ0n) is 13.9. The second-order valence-electron chi connectivity index (χ2n) is 7.22. The first-order valence-corrected chi connectivity index (χ1v) is 8.14. The topological polar surface area (TPSA) is 70.6 Å². The molecule has 21 heavy (non-hydrogen) atoms. The summed E-state index contributed by atoms with van der Waals surface area (Å²) in [6.07, 6.45) is 4.67. The summed E-state index contributed by atoms with van der Waals surface area (Å²) < 4.78 is 5.28. The van der Waals surface area contributed by atoms with Gasteiger partial charge in [-0.15, -0.1) is 0 Å². The number of carbonyl (C=O) groups excluding carboxylic acids is 1. The van der Waals surface area contributed by atoms with Crippen LogP contribution in [0.25, 0.3) is 0 Å². The number of nitrogens with one attached hydrogen (secondary N) is 2. The van der Waals surface area contributed by atoms with E-state index in [4.69, 9.17) is 9.84 Å². The van der Waals surface area contributed by atoms with Gasteiger partial charge in [-0.05, 0) is 65.3 Å². The van der Waals surface area contributed by atoms with E-state index in [0.717, 1.165) is 38.6 Å². The molecule has 0 aromatic rings. The van der Waals surface area contributed by atoms with Crippen molar-refractivity contribution in [2.45, 2.75) is 77.5 Å². The summed E-state index contributed by atoms with van der Waals surface area (Å²) in [6.45, 7) is 8.99. The third-order valence-electron chi connectivity index (χ3n) is 3.82. The van der Waals surface area contributed by atoms with E-state index < -0.39 is 5.60 Å². The molecule has 1 atom stereocenters. The van der Waals surface area contributed by atoms with E-state index in [9.17, 15) is 4.79 Å². The Morgan fingerprint density at radius 3 is 2.33 bits per heavy atom. The zero-order valence-corrected chi connectivity index (χ0v) is 13.9. The Balaban J connectivity index is 2.19. The molecule has 1 unspecified atom stereocenters. The molecule has 0 aromatic carbocycles. The van der Waals surface area contributed by atoms with Crippen LogP contribution in [-0.2, 0) is 4.74 Å². The summed E-state index contributed by atoms with van der Waals surface area (Å²) in [5.41, 5.74) is -0.439. The lowest BCUT2D eigenvalue weighted by atomic mass is 9.91. The first-order chi connectivity index (χ1) is 9.80. The van der Waals surface area contributed by atoms with E-state index in [-0.39, 0.29) is 18.7 Å². The lowest BCUT2D eigenvalue weighted by Crippen LogP contribution is -2.44. The minimum absolute atomic E-state index is 0.229. The Hall–Kier alpha value is -0.810. The number of rotatable bonds is 6. The van der Waals surface area contributed by atoms with Crippen molar-refractivity contribution in [1.29, 1.82) is 0 Å². The summed E-state index contributed by atoms with van der Waals surface area (Å²) in [7, 11) is 0. The van der Waals surface area contributed by atoms with E-state index >= 15 is 0 Å². The molecule has 1 fully saturated rings. The molecule has 0 radical (unpaired) electrons. The van der Waals surface area contributed by atoms with Crippen molar-refractivity contribution in [3.63, 3.8) is 0 Å². The molecule has 0 bridgehead atoms. The molecule has 0 aliphatic heterocycles. The Morgan fingerprint density at radius 1 is 1.24 bits per heavy atom. The molecule has 0 aromatic heterocycles. The second-order valence-corrected chi connectivity index (χ2v) is 7.22. The molecule has 124 valence electrons. The Labute approximate surface area is 128 Å². The standard InChI is InChI=1S/C16H32N2O3/c1-12(9-10-19)11-17-13-5-7-14(8-6-13)18-15(20)21-16(2,3)4/h12-14,17,19H,5-11H2,1-4H3,(H,18,20). The van der Waals surface area contributed by atoms with E-state index in [1.165, 1.54) is 0 Å². The van der Waals surface area contributed by atoms with E-state index in [2.05, 4.69) is 17.6 Å². The van der Waals surface area contributed by atoms with Gasteiger partial charge in [0.2, 0.25) is 0 Å². The van der Waals surface area contributed by atoms with Crippen LogP contribution in [0.1, 0.15) is 59.8 Å². The van der Waals surface area contributed by atoms with Gasteiger partial charge in [0, 0.05) is 18.7 Å². The third-order valence-corrected chi connectivity index (χ3v) is 3.82. The molecule has 5 nitrogen and oxygen atoms in total. The maximum atomic E-state index is 11.7. The number of ether oxygens (including phenoxy) is 1. The van der Waals surface area contributed by atoms with Gasteiger partial charge in [0.25, 0.3) is 0 Å². The van der Waals surface area contributed by atoms with Gasteiger partial charge in [0.1, 0.15) is 5.60 Å². The minimum atomic E-state index is -0.439. The quantitative estimate of drug-likeness (QED) is 0.704. The average Bonchev–Trinajstić information content (AvgIpc) is 2.36. The van der Waals surface area contributed by atoms with Crippen LogP contribution >= 0.6 is 0 Å². The molecule has 1 amide bonds. The van der Waals surface area contributed by atoms with Crippen LogP contribution in [0.5, 0.6) is 0 Å². The molecular formula is C16H32N2O3. The van der Waals surface area contributed by atoms with Gasteiger partial charge in [0.05, 0.1) is 0 Å². The highest BCUT2D eigenvalue weighted by Crippen LogP contribution is 2.19. The van der Waals surface area contributed by atoms with Gasteiger partial charge in [0.15, 0.2) is 0 Å². The van der Waals surface area contributed by atoms with Gasteiger partial charge in [-0.1, -0.05) is 6.92 Å². The fraction of sp³-hybridized carbons (Fsp3) is 0.938. The molecule has 0 spiro atoms. The Kier molecular flexibility index (Phi) is 7.46. The first-order valence-electron chi connectivity index (χ1n) is 8.14. The fourth-order valence-electron chi connectivity index (χ4n) is 2.61. The zero-order chi connectivity index (χ0) is 15.9. The lowest BCUT2D eigenvalue weighted by molar-refractivity contribution is 0.0489. The summed E-state index contributed by atoms with van der Waals surface area (Å²) in [5, 5.41) is 15.4. The van der Waals surface area contributed by atoms with Gasteiger partial charge in [-0.25, -0.2) is 4.79 Å². The van der Waals surface area contributed by atoms with Gasteiger partial charge >= 0.3 is 6.09 Å². The third kappa shape index (κ3) is 8.27. The van der Waals surface area contributed by atoms with Gasteiger partial charge in [-0.3, -0.25) is 0 Å². The monoisotopic (exact) mass is 300 g/mol. The van der Waals surface area contributed by atoms with Crippen molar-refractivity contribution >= 4 is 6.09 Å². The van der Waals surface area contributed by atoms with E-state index in [0.29, 0.717) is 12.0 Å². The van der Waals surface area contributed by atoms with Crippen LogP contribution in [0.2, 0.25) is 0 Å². The summed E-state index contributed by atoms with van der Waals surface area (Å²) in [6, 6.07) is 0.760. The van der Waals surface area contributed by atoms with E-state index in [1.807, 2.05) is 20.8 Å². The van der Waals surface area contributed by atoms with Gasteiger partial charge in [-0.2, -0.15) is 0 Å². The molecule has 3 N–H and O–H groups in total. The van der Waals surface area contributed by atoms with Crippen LogP contribution in [0, 0.1) is 5.92 Å². The predicted molar refractivity (Wildman–Crippen MR) is 84.3 cm³/mol. The predicted octanol–water partition coefficient (Wildman–Crippen LogP) is 2.43. The van der Waals surface area contributed by atoms with Crippen LogP contribution in [0.3, 0.4) is 0 Å². The van der Waals surface area contributed by atoms with Crippen molar-refractivity contribution in [3.8, 4) is 0 Å². The Morgan fingerprint density at radius 2 is 1.81 bits per heavy atom. The van der Waals surface area contributed by atoms with Crippen molar-refractivity contribution in [2.24, 2.45) is 5.92 Å². The SMILES string of the molecule is CC(CCO)CNC1CCC(NC(=O)OC(C)(C)C)CC1. The number of aliphatic hydroxyl groups excluding tert-OH is 1. The highest BCUT2D eigenvalue weighted by molar-refractivity contribution is 5.68. The molecule has 1 aliphatic rings. The number of hydrogen-bond acceptors (Lipinski definition) is 4. The second kappa shape index (κ2) is 8.59. The van der Waals surface area contributed by atoms with Crippen LogP contribution in [-0.4, -0.2) is 42.0 Å². The minimum Gasteiger partial charge on any atom is -0.444 e. The number of carbonyl (C=O) groups is 1. The fourth-order valence-corrected chi connectivity index (χ4v) is 2.61. The summed E-state index contributed by atoms with van der Waals surface area (Å²) in [4.78, 5) is 11.7. The molecule has 0 heterocycles. The maximum Gasteiger partial charge on any atom is 0.407 e. The van der Waals surface area contributed by atoms with Crippen LogP contribution < -0.4 is 10.6 Å². The smallest absolute Gasteiger partial charge is 0.407 e. The number of aliphatic hydroxyl groups is 1. The van der Waals surface area contributed by atoms with Crippen molar-refractivity contribution in [2.75, 3.05) is 13.2 Å². The van der Waals surface area contributed by atoms with Crippen LogP contribution in [0.15, 0.2) is 0 Å². The lowest BCUT2D eigenvalue weighted by Gasteiger charge is -2.31. The largest absolute Gasteiger partial charge is 0.444 e. The highest BCUT2D eigenvalue weighted by atomic mass is 16.6. The number of amides is 1. The molecular weight excluding hydrogens is 268 g/mol. The molecule has 1 saturated carbocycles. The number of hydrogen-bond donors (Lipinski definition) is 3. The Bertz CT molecular complexity index is 307. The van der Waals surface area contributed by atoms with Crippen molar-refractivity contribution in [3.05, 3.63) is 0 Å². The maximum absolute atomic E-state index is 11.7. The van der Waals surface area contributed by atoms with Crippen molar-refractivity contribution < 1.29 is 14.6 Å². The molecule has 0 saturated heterocycles. The highest BCUT2D eigenvalue weighted by Gasteiger charge is 2.24. The van der Waals surface area contributed by atoms with Crippen LogP contribution in [0.4, 0.5) is 4.79 Å².